The van der Waals surface area contributed by atoms with Gasteiger partial charge in [-0.15, -0.1) is 0 Å². The van der Waals surface area contributed by atoms with E-state index in [2.05, 4.69) is 37.8 Å². The van der Waals surface area contributed by atoms with Crippen molar-refractivity contribution < 1.29 is 5.11 Å². The first-order valence-electron chi connectivity index (χ1n) is 5.07. The predicted molar refractivity (Wildman–Crippen MR) is 55.1 cm³/mol. The largest absolute Gasteiger partial charge is 0.385 e. The molecule has 1 rings (SSSR count). The third-order valence-electron chi connectivity index (χ3n) is 2.05. The zero-order valence-corrected chi connectivity index (χ0v) is 9.52. The van der Waals surface area contributed by atoms with Gasteiger partial charge in [0, 0.05) is 12.0 Å². The van der Waals surface area contributed by atoms with Crippen LogP contribution in [-0.2, 0) is 0 Å². The van der Waals surface area contributed by atoms with Gasteiger partial charge in [-0.25, -0.2) is 9.67 Å². The van der Waals surface area contributed by atoms with Crippen molar-refractivity contribution in [2.75, 3.05) is 0 Å². The van der Waals surface area contributed by atoms with Crippen molar-refractivity contribution in [1.29, 1.82) is 0 Å². The van der Waals surface area contributed by atoms with E-state index in [1.165, 1.54) is 0 Å². The molecule has 0 fully saturated rings. The molecule has 0 aliphatic carbocycles. The zero-order valence-electron chi connectivity index (χ0n) is 9.52. The normalized spacial score (nSPS) is 14.0. The van der Waals surface area contributed by atoms with Gasteiger partial charge in [0.1, 0.15) is 11.9 Å². The lowest BCUT2D eigenvalue weighted by atomic mass is 10.2. The van der Waals surface area contributed by atoms with Gasteiger partial charge in [-0.3, -0.25) is 0 Å². The smallest absolute Gasteiger partial charge is 0.179 e. The molecule has 0 aromatic carbocycles. The van der Waals surface area contributed by atoms with E-state index >= 15 is 0 Å². The molecule has 0 bridgehead atoms. The summed E-state index contributed by atoms with van der Waals surface area (Å²) in [5.41, 5.74) is 0. The lowest BCUT2D eigenvalue weighted by Crippen LogP contribution is -2.09. The van der Waals surface area contributed by atoms with Gasteiger partial charge in [0.2, 0.25) is 0 Å². The number of rotatable bonds is 3. The van der Waals surface area contributed by atoms with E-state index in [-0.39, 0.29) is 6.04 Å². The Morgan fingerprint density at radius 1 is 1.14 bits per heavy atom. The molecule has 0 amide bonds. The van der Waals surface area contributed by atoms with Crippen LogP contribution >= 0.6 is 0 Å². The zero-order chi connectivity index (χ0) is 10.9. The van der Waals surface area contributed by atoms with Crippen molar-refractivity contribution in [3.8, 4) is 0 Å². The Kier molecular flexibility index (Phi) is 3.26. The summed E-state index contributed by atoms with van der Waals surface area (Å²) in [6.45, 7) is 9.96. The average molecular weight is 197 g/mol. The number of aromatic nitrogens is 3. The molecule has 1 N–H and O–H groups in total. The molecule has 1 aromatic heterocycles. The first-order valence-corrected chi connectivity index (χ1v) is 5.07. The van der Waals surface area contributed by atoms with Crippen molar-refractivity contribution in [3.63, 3.8) is 0 Å². The maximum Gasteiger partial charge on any atom is 0.179 e. The molecule has 80 valence electrons. The monoisotopic (exact) mass is 197 g/mol. The molecule has 0 aliphatic heterocycles. The van der Waals surface area contributed by atoms with E-state index < -0.39 is 6.10 Å². The van der Waals surface area contributed by atoms with E-state index in [1.807, 2.05) is 4.68 Å². The highest BCUT2D eigenvalue weighted by molar-refractivity contribution is 5.00. The van der Waals surface area contributed by atoms with Crippen LogP contribution in [0.1, 0.15) is 64.3 Å². The Hall–Kier alpha value is -0.900. The van der Waals surface area contributed by atoms with Gasteiger partial charge in [0.05, 0.1) is 0 Å². The van der Waals surface area contributed by atoms with E-state index in [4.69, 9.17) is 0 Å². The van der Waals surface area contributed by atoms with Crippen LogP contribution in [0.5, 0.6) is 0 Å². The second-order valence-corrected chi connectivity index (χ2v) is 4.20. The molecular weight excluding hydrogens is 178 g/mol. The molecule has 0 saturated carbocycles. The summed E-state index contributed by atoms with van der Waals surface area (Å²) in [6, 6.07) is 0.285. The molecule has 4 nitrogen and oxygen atoms in total. The third kappa shape index (κ3) is 2.12. The molecule has 1 aromatic rings. The van der Waals surface area contributed by atoms with E-state index in [9.17, 15) is 5.11 Å². The van der Waals surface area contributed by atoms with Crippen LogP contribution in [0.15, 0.2) is 0 Å². The average Bonchev–Trinajstić information content (AvgIpc) is 2.47. The Labute approximate surface area is 85.0 Å². The number of hydrogen-bond donors (Lipinski definition) is 1. The number of nitrogens with zero attached hydrogens (tertiary/aromatic N) is 3. The summed E-state index contributed by atoms with van der Waals surface area (Å²) in [5, 5.41) is 13.7. The minimum absolute atomic E-state index is 0.285. The highest BCUT2D eigenvalue weighted by Crippen LogP contribution is 2.18. The van der Waals surface area contributed by atoms with Gasteiger partial charge >= 0.3 is 0 Å². The molecule has 0 spiro atoms. The fourth-order valence-corrected chi connectivity index (χ4v) is 1.30. The van der Waals surface area contributed by atoms with Crippen molar-refractivity contribution in [2.45, 2.75) is 52.7 Å². The van der Waals surface area contributed by atoms with Crippen LogP contribution in [0, 0.1) is 0 Å². The minimum Gasteiger partial charge on any atom is -0.385 e. The van der Waals surface area contributed by atoms with Crippen LogP contribution in [0.2, 0.25) is 0 Å². The highest BCUT2D eigenvalue weighted by Gasteiger charge is 2.17. The summed E-state index contributed by atoms with van der Waals surface area (Å²) in [5.74, 6) is 1.79. The van der Waals surface area contributed by atoms with Gasteiger partial charge in [-0.1, -0.05) is 13.8 Å². The van der Waals surface area contributed by atoms with E-state index in [1.54, 1.807) is 6.92 Å². The van der Waals surface area contributed by atoms with Gasteiger partial charge < -0.3 is 5.11 Å². The lowest BCUT2D eigenvalue weighted by Gasteiger charge is -2.10. The molecule has 0 aliphatic rings. The molecule has 14 heavy (non-hydrogen) atoms. The summed E-state index contributed by atoms with van der Waals surface area (Å²) in [6.07, 6.45) is -0.590. The summed E-state index contributed by atoms with van der Waals surface area (Å²) >= 11 is 0. The van der Waals surface area contributed by atoms with Crippen LogP contribution in [0.25, 0.3) is 0 Å². The Bertz CT molecular complexity index is 277. The van der Waals surface area contributed by atoms with Gasteiger partial charge in [-0.2, -0.15) is 5.10 Å². The van der Waals surface area contributed by atoms with Crippen LogP contribution in [0.3, 0.4) is 0 Å². The van der Waals surface area contributed by atoms with Crippen LogP contribution in [-0.4, -0.2) is 19.9 Å². The fourth-order valence-electron chi connectivity index (χ4n) is 1.30. The van der Waals surface area contributed by atoms with Gasteiger partial charge in [0.15, 0.2) is 5.82 Å². The standard InChI is InChI=1S/C10H19N3O/c1-6(2)10-11-9(8(5)14)12-13(10)7(3)4/h6-8,14H,1-5H3. The Morgan fingerprint density at radius 2 is 1.71 bits per heavy atom. The maximum absolute atomic E-state index is 9.39. The van der Waals surface area contributed by atoms with Crippen molar-refractivity contribution in [1.82, 2.24) is 14.8 Å². The van der Waals surface area contributed by atoms with Crippen molar-refractivity contribution in [2.24, 2.45) is 0 Å². The van der Waals surface area contributed by atoms with Gasteiger partial charge in [-0.05, 0) is 20.8 Å². The predicted octanol–water partition coefficient (Wildman–Crippen LogP) is 2.04. The van der Waals surface area contributed by atoms with Crippen molar-refractivity contribution in [3.05, 3.63) is 11.6 Å². The number of aliphatic hydroxyl groups is 1. The van der Waals surface area contributed by atoms with Gasteiger partial charge in [0.25, 0.3) is 0 Å². The van der Waals surface area contributed by atoms with Crippen molar-refractivity contribution >= 4 is 0 Å². The SMILES string of the molecule is CC(C)c1nc(C(C)O)nn1C(C)C. The third-order valence-corrected chi connectivity index (χ3v) is 2.05. The Balaban J connectivity index is 3.12. The quantitative estimate of drug-likeness (QED) is 0.806. The van der Waals surface area contributed by atoms with Crippen LogP contribution in [0.4, 0.5) is 0 Å². The number of hydrogen-bond acceptors (Lipinski definition) is 3. The van der Waals surface area contributed by atoms with Crippen LogP contribution < -0.4 is 0 Å². The molecule has 0 saturated heterocycles. The fraction of sp³-hybridized carbons (Fsp3) is 0.800. The lowest BCUT2D eigenvalue weighted by molar-refractivity contribution is 0.188. The van der Waals surface area contributed by atoms with E-state index in [0.717, 1.165) is 5.82 Å². The summed E-state index contributed by atoms with van der Waals surface area (Å²) in [4.78, 5) is 4.33. The summed E-state index contributed by atoms with van der Waals surface area (Å²) < 4.78 is 1.88. The van der Waals surface area contributed by atoms with E-state index in [0.29, 0.717) is 11.7 Å². The number of aliphatic hydroxyl groups excluding tert-OH is 1. The Morgan fingerprint density at radius 3 is 2.00 bits per heavy atom. The molecule has 4 heteroatoms. The highest BCUT2D eigenvalue weighted by atomic mass is 16.3. The maximum atomic E-state index is 9.39. The molecule has 1 heterocycles. The second kappa shape index (κ2) is 4.09. The first kappa shape index (κ1) is 11.2. The molecule has 0 radical (unpaired) electrons. The molecular formula is C10H19N3O. The minimum atomic E-state index is -0.590. The first-order chi connectivity index (χ1) is 6.43. The summed E-state index contributed by atoms with van der Waals surface area (Å²) in [7, 11) is 0. The second-order valence-electron chi connectivity index (χ2n) is 4.20. The topological polar surface area (TPSA) is 50.9 Å². The molecule has 1 unspecified atom stereocenters. The molecule has 1 atom stereocenters.